The summed E-state index contributed by atoms with van der Waals surface area (Å²) in [6, 6.07) is 7.53. The number of rotatable bonds is 6. The van der Waals surface area contributed by atoms with Gasteiger partial charge in [0.25, 0.3) is 0 Å². The zero-order chi connectivity index (χ0) is 14.5. The lowest BCUT2D eigenvalue weighted by molar-refractivity contribution is -0.00891. The highest BCUT2D eigenvalue weighted by Crippen LogP contribution is 2.19. The van der Waals surface area contributed by atoms with Crippen molar-refractivity contribution in [2.45, 2.75) is 32.6 Å². The molecule has 1 aromatic carbocycles. The second-order valence-corrected chi connectivity index (χ2v) is 5.24. The summed E-state index contributed by atoms with van der Waals surface area (Å²) in [7, 11) is 0. The Bertz CT molecular complexity index is 539. The first-order chi connectivity index (χ1) is 9.56. The minimum absolute atomic E-state index is 0.0780. The van der Waals surface area contributed by atoms with Gasteiger partial charge in [-0.1, -0.05) is 23.7 Å². The molecule has 0 amide bonds. The summed E-state index contributed by atoms with van der Waals surface area (Å²) in [6.07, 6.45) is 2.93. The molecule has 1 aromatic heterocycles. The summed E-state index contributed by atoms with van der Waals surface area (Å²) in [5.74, 6) is 0.884. The largest absolute Gasteiger partial charge is 0.389 e. The zero-order valence-corrected chi connectivity index (χ0v) is 12.4. The van der Waals surface area contributed by atoms with Crippen LogP contribution < -0.4 is 0 Å². The number of aliphatic hydroxyl groups excluding tert-OH is 1. The van der Waals surface area contributed by atoms with Crippen LogP contribution in [0.1, 0.15) is 24.4 Å². The maximum atomic E-state index is 9.99. The molecule has 2 aromatic rings. The van der Waals surface area contributed by atoms with Crippen LogP contribution in [-0.2, 0) is 11.3 Å². The van der Waals surface area contributed by atoms with Crippen molar-refractivity contribution < 1.29 is 9.84 Å². The highest BCUT2D eigenvalue weighted by Gasteiger charge is 2.11. The molecule has 1 heterocycles. The molecule has 0 spiro atoms. The number of aryl methyl sites for hydroxylation is 1. The molecule has 2 unspecified atom stereocenters. The lowest BCUT2D eigenvalue weighted by atomic mass is 10.1. The van der Waals surface area contributed by atoms with E-state index in [1.807, 2.05) is 48.9 Å². The van der Waals surface area contributed by atoms with Gasteiger partial charge in [-0.05, 0) is 31.5 Å². The summed E-state index contributed by atoms with van der Waals surface area (Å²) in [5.41, 5.74) is 1.04. The first-order valence-electron chi connectivity index (χ1n) is 6.59. The smallest absolute Gasteiger partial charge is 0.105 e. The van der Waals surface area contributed by atoms with E-state index in [-0.39, 0.29) is 12.7 Å². The molecular formula is C15H19ClN2O2. The van der Waals surface area contributed by atoms with Crippen molar-refractivity contribution in [3.63, 3.8) is 0 Å². The Kier molecular flexibility index (Phi) is 5.17. The summed E-state index contributed by atoms with van der Waals surface area (Å²) in [4.78, 5) is 4.12. The zero-order valence-electron chi connectivity index (χ0n) is 11.7. The van der Waals surface area contributed by atoms with Gasteiger partial charge in [0.05, 0.1) is 25.4 Å². The fourth-order valence-electron chi connectivity index (χ4n) is 1.96. The Morgan fingerprint density at radius 1 is 1.35 bits per heavy atom. The quantitative estimate of drug-likeness (QED) is 0.891. The normalized spacial score (nSPS) is 14.2. The number of benzene rings is 1. The SMILES string of the molecule is Cc1nccn1CC(O)COC(C)c1ccc(Cl)cc1. The molecule has 0 radical (unpaired) electrons. The van der Waals surface area contributed by atoms with Crippen LogP contribution in [-0.4, -0.2) is 27.4 Å². The molecular weight excluding hydrogens is 276 g/mol. The fourth-order valence-corrected chi connectivity index (χ4v) is 2.09. The maximum absolute atomic E-state index is 9.99. The van der Waals surface area contributed by atoms with Crippen LogP contribution in [0.4, 0.5) is 0 Å². The van der Waals surface area contributed by atoms with Gasteiger partial charge in [0.2, 0.25) is 0 Å². The van der Waals surface area contributed by atoms with E-state index in [0.29, 0.717) is 11.6 Å². The highest BCUT2D eigenvalue weighted by molar-refractivity contribution is 6.30. The number of ether oxygens (including phenoxy) is 1. The first-order valence-corrected chi connectivity index (χ1v) is 6.97. The molecule has 0 bridgehead atoms. The molecule has 0 fully saturated rings. The summed E-state index contributed by atoms with van der Waals surface area (Å²) in [6.45, 7) is 4.63. The average molecular weight is 295 g/mol. The van der Waals surface area contributed by atoms with E-state index in [1.165, 1.54) is 0 Å². The number of imidazole rings is 1. The Hall–Kier alpha value is -1.36. The van der Waals surface area contributed by atoms with Gasteiger partial charge in [-0.15, -0.1) is 0 Å². The van der Waals surface area contributed by atoms with E-state index < -0.39 is 6.10 Å². The second kappa shape index (κ2) is 6.88. The predicted molar refractivity (Wildman–Crippen MR) is 78.8 cm³/mol. The summed E-state index contributed by atoms with van der Waals surface area (Å²) in [5, 5.41) is 10.7. The van der Waals surface area contributed by atoms with E-state index in [1.54, 1.807) is 6.20 Å². The fraction of sp³-hybridized carbons (Fsp3) is 0.400. The van der Waals surface area contributed by atoms with Crippen LogP contribution in [0, 0.1) is 6.92 Å². The standard InChI is InChI=1S/C15H19ClN2O2/c1-11(13-3-5-14(16)6-4-13)20-10-15(19)9-18-8-7-17-12(18)2/h3-8,11,15,19H,9-10H2,1-2H3. The molecule has 5 heteroatoms. The van der Waals surface area contributed by atoms with Gasteiger partial charge in [0.1, 0.15) is 5.82 Å². The number of hydrogen-bond donors (Lipinski definition) is 1. The predicted octanol–water partition coefficient (Wildman–Crippen LogP) is 2.98. The van der Waals surface area contributed by atoms with Crippen molar-refractivity contribution in [2.75, 3.05) is 6.61 Å². The van der Waals surface area contributed by atoms with Crippen molar-refractivity contribution in [2.24, 2.45) is 0 Å². The topological polar surface area (TPSA) is 47.3 Å². The van der Waals surface area contributed by atoms with E-state index >= 15 is 0 Å². The molecule has 0 aliphatic rings. The molecule has 20 heavy (non-hydrogen) atoms. The second-order valence-electron chi connectivity index (χ2n) is 4.81. The van der Waals surface area contributed by atoms with Gasteiger partial charge in [-0.3, -0.25) is 0 Å². The van der Waals surface area contributed by atoms with Crippen molar-refractivity contribution >= 4 is 11.6 Å². The molecule has 0 aliphatic carbocycles. The van der Waals surface area contributed by atoms with Crippen molar-refractivity contribution in [3.8, 4) is 0 Å². The van der Waals surface area contributed by atoms with E-state index in [2.05, 4.69) is 4.98 Å². The van der Waals surface area contributed by atoms with Crippen LogP contribution in [0.2, 0.25) is 5.02 Å². The Morgan fingerprint density at radius 2 is 2.05 bits per heavy atom. The minimum atomic E-state index is -0.558. The van der Waals surface area contributed by atoms with Gasteiger partial charge < -0.3 is 14.4 Å². The minimum Gasteiger partial charge on any atom is -0.389 e. The third-order valence-electron chi connectivity index (χ3n) is 3.21. The van der Waals surface area contributed by atoms with Gasteiger partial charge in [0.15, 0.2) is 0 Å². The Labute approximate surface area is 124 Å². The number of hydrogen-bond acceptors (Lipinski definition) is 3. The summed E-state index contributed by atoms with van der Waals surface area (Å²) >= 11 is 5.85. The molecule has 2 atom stereocenters. The highest BCUT2D eigenvalue weighted by atomic mass is 35.5. The van der Waals surface area contributed by atoms with Gasteiger partial charge in [0, 0.05) is 17.4 Å². The first kappa shape index (κ1) is 15.0. The van der Waals surface area contributed by atoms with Crippen molar-refractivity contribution in [1.82, 2.24) is 9.55 Å². The van der Waals surface area contributed by atoms with Crippen molar-refractivity contribution in [3.05, 3.63) is 53.1 Å². The molecule has 2 rings (SSSR count). The van der Waals surface area contributed by atoms with Crippen LogP contribution in [0.5, 0.6) is 0 Å². The lowest BCUT2D eigenvalue weighted by Crippen LogP contribution is -2.23. The number of aliphatic hydroxyl groups is 1. The average Bonchev–Trinajstić information content (AvgIpc) is 2.82. The monoisotopic (exact) mass is 294 g/mol. The van der Waals surface area contributed by atoms with Crippen LogP contribution in [0.25, 0.3) is 0 Å². The number of halogens is 1. The lowest BCUT2D eigenvalue weighted by Gasteiger charge is -2.17. The number of nitrogens with zero attached hydrogens (tertiary/aromatic N) is 2. The molecule has 0 aliphatic heterocycles. The van der Waals surface area contributed by atoms with E-state index in [4.69, 9.17) is 16.3 Å². The Balaban J connectivity index is 1.82. The van der Waals surface area contributed by atoms with Crippen LogP contribution in [0.15, 0.2) is 36.7 Å². The van der Waals surface area contributed by atoms with Gasteiger partial charge >= 0.3 is 0 Å². The maximum Gasteiger partial charge on any atom is 0.105 e. The van der Waals surface area contributed by atoms with Crippen LogP contribution in [0.3, 0.4) is 0 Å². The molecule has 0 saturated carbocycles. The van der Waals surface area contributed by atoms with Gasteiger partial charge in [-0.25, -0.2) is 4.98 Å². The van der Waals surface area contributed by atoms with Crippen LogP contribution >= 0.6 is 11.6 Å². The summed E-state index contributed by atoms with van der Waals surface area (Å²) < 4.78 is 7.60. The molecule has 4 nitrogen and oxygen atoms in total. The molecule has 0 saturated heterocycles. The Morgan fingerprint density at radius 3 is 2.65 bits per heavy atom. The third-order valence-corrected chi connectivity index (χ3v) is 3.46. The third kappa shape index (κ3) is 4.07. The van der Waals surface area contributed by atoms with E-state index in [9.17, 15) is 5.11 Å². The van der Waals surface area contributed by atoms with Gasteiger partial charge in [-0.2, -0.15) is 0 Å². The molecule has 1 N–H and O–H groups in total. The van der Waals surface area contributed by atoms with E-state index in [0.717, 1.165) is 11.4 Å². The number of aromatic nitrogens is 2. The van der Waals surface area contributed by atoms with Crippen molar-refractivity contribution in [1.29, 1.82) is 0 Å². The molecule has 108 valence electrons.